The highest BCUT2D eigenvalue weighted by Gasteiger charge is 2.47. The molecule has 3 unspecified atom stereocenters. The topological polar surface area (TPSA) is 18.5 Å². The van der Waals surface area contributed by atoms with Gasteiger partial charge in [0.2, 0.25) is 0 Å². The van der Waals surface area contributed by atoms with Crippen molar-refractivity contribution < 1.29 is 9.16 Å². The molecule has 0 spiro atoms. The van der Waals surface area contributed by atoms with Crippen LogP contribution >= 0.6 is 0 Å². The van der Waals surface area contributed by atoms with Crippen molar-refractivity contribution in [2.24, 2.45) is 11.8 Å². The summed E-state index contributed by atoms with van der Waals surface area (Å²) in [6.45, 7) is 11.0. The molecular weight excluding hydrogens is 396 g/mol. The van der Waals surface area contributed by atoms with E-state index in [1.54, 1.807) is 0 Å². The van der Waals surface area contributed by atoms with Gasteiger partial charge in [-0.15, -0.1) is 0 Å². The fourth-order valence-corrected chi connectivity index (χ4v) is 9.42. The fourth-order valence-electron chi connectivity index (χ4n) is 5.61. The summed E-state index contributed by atoms with van der Waals surface area (Å²) in [7, 11) is -1.71. The van der Waals surface area contributed by atoms with Crippen molar-refractivity contribution >= 4 is 8.32 Å². The number of hydrogen-bond donors (Lipinski definition) is 0. The molecule has 0 N–H and O–H groups in total. The van der Waals surface area contributed by atoms with Gasteiger partial charge in [0.05, 0.1) is 6.61 Å². The van der Waals surface area contributed by atoms with Crippen LogP contribution in [0.5, 0.6) is 0 Å². The van der Waals surface area contributed by atoms with E-state index in [9.17, 15) is 0 Å². The Labute approximate surface area is 188 Å². The summed E-state index contributed by atoms with van der Waals surface area (Å²) in [5.41, 5.74) is 3.42. The van der Waals surface area contributed by atoms with Crippen LogP contribution in [0.4, 0.5) is 0 Å². The molecule has 162 valence electrons. The Morgan fingerprint density at radius 2 is 1.26 bits per heavy atom. The maximum atomic E-state index is 7.07. The van der Waals surface area contributed by atoms with Crippen LogP contribution in [-0.2, 0) is 14.8 Å². The molecule has 0 radical (unpaired) electrons. The van der Waals surface area contributed by atoms with Crippen molar-refractivity contribution in [2.45, 2.75) is 38.1 Å². The van der Waals surface area contributed by atoms with Crippen LogP contribution in [0.25, 0.3) is 0 Å². The minimum atomic E-state index is -1.71. The summed E-state index contributed by atoms with van der Waals surface area (Å²) >= 11 is 0. The first-order valence-electron chi connectivity index (χ1n) is 11.4. The molecule has 3 atom stereocenters. The molecule has 3 aromatic carbocycles. The highest BCUT2D eigenvalue weighted by atomic mass is 28.4. The second-order valence-corrected chi connectivity index (χ2v) is 13.6. The van der Waals surface area contributed by atoms with Crippen LogP contribution in [0.15, 0.2) is 91.0 Å². The van der Waals surface area contributed by atoms with Crippen molar-refractivity contribution in [1.29, 1.82) is 0 Å². The number of benzene rings is 3. The third kappa shape index (κ3) is 4.27. The van der Waals surface area contributed by atoms with Crippen molar-refractivity contribution in [3.63, 3.8) is 0 Å². The van der Waals surface area contributed by atoms with Crippen LogP contribution in [-0.4, -0.2) is 21.5 Å². The van der Waals surface area contributed by atoms with Crippen LogP contribution in [0.2, 0.25) is 18.6 Å². The summed E-state index contributed by atoms with van der Waals surface area (Å²) in [5, 5.41) is 0. The molecule has 0 bridgehead atoms. The highest BCUT2D eigenvalue weighted by Crippen LogP contribution is 2.46. The zero-order valence-corrected chi connectivity index (χ0v) is 20.1. The van der Waals surface area contributed by atoms with Crippen LogP contribution in [0.3, 0.4) is 0 Å². The van der Waals surface area contributed by atoms with Gasteiger partial charge in [-0.3, -0.25) is 0 Å². The molecule has 1 saturated heterocycles. The smallest absolute Gasteiger partial charge is 0.190 e. The van der Waals surface area contributed by atoms with Gasteiger partial charge in [-0.05, 0) is 47.2 Å². The van der Waals surface area contributed by atoms with Crippen molar-refractivity contribution in [3.8, 4) is 0 Å². The summed E-state index contributed by atoms with van der Waals surface area (Å²) < 4.78 is 13.3. The molecule has 4 rings (SSSR count). The molecule has 2 nitrogen and oxygen atoms in total. The van der Waals surface area contributed by atoms with E-state index in [2.05, 4.69) is 118 Å². The van der Waals surface area contributed by atoms with E-state index in [4.69, 9.17) is 9.16 Å². The Balaban J connectivity index is 1.77. The molecule has 0 amide bonds. The van der Waals surface area contributed by atoms with Gasteiger partial charge < -0.3 is 9.16 Å². The van der Waals surface area contributed by atoms with Gasteiger partial charge >= 0.3 is 0 Å². The SMILES string of the molecule is CC(COC(c1ccccc1)(c1ccccc1)c1ccccc1)C1C(C)CO[Si]1(C)C. The van der Waals surface area contributed by atoms with Gasteiger partial charge in [0.25, 0.3) is 0 Å². The lowest BCUT2D eigenvalue weighted by Gasteiger charge is -2.39. The van der Waals surface area contributed by atoms with Gasteiger partial charge in [0, 0.05) is 6.61 Å². The lowest BCUT2D eigenvalue weighted by Crippen LogP contribution is -2.39. The minimum absolute atomic E-state index is 0.426. The normalized spacial score (nSPS) is 21.7. The van der Waals surface area contributed by atoms with Gasteiger partial charge in [-0.2, -0.15) is 0 Å². The molecule has 1 aliphatic heterocycles. The quantitative estimate of drug-likeness (QED) is 0.301. The molecule has 3 aromatic rings. The Hall–Kier alpha value is -2.20. The highest BCUT2D eigenvalue weighted by molar-refractivity contribution is 6.73. The average molecular weight is 431 g/mol. The fraction of sp³-hybridized carbons (Fsp3) is 0.357. The second-order valence-electron chi connectivity index (χ2n) is 9.49. The molecule has 1 heterocycles. The van der Waals surface area contributed by atoms with Crippen LogP contribution in [0.1, 0.15) is 30.5 Å². The van der Waals surface area contributed by atoms with Crippen LogP contribution < -0.4 is 0 Å². The van der Waals surface area contributed by atoms with Gasteiger partial charge in [0.1, 0.15) is 5.60 Å². The Morgan fingerprint density at radius 3 is 1.61 bits per heavy atom. The lowest BCUT2D eigenvalue weighted by molar-refractivity contribution is -0.00832. The van der Waals surface area contributed by atoms with Crippen molar-refractivity contribution in [2.75, 3.05) is 13.2 Å². The average Bonchev–Trinajstić information content (AvgIpc) is 3.08. The zero-order chi connectivity index (χ0) is 21.9. The number of ether oxygens (including phenoxy) is 1. The van der Waals surface area contributed by atoms with E-state index in [0.717, 1.165) is 23.3 Å². The predicted molar refractivity (Wildman–Crippen MR) is 131 cm³/mol. The molecular formula is C28H34O2Si. The summed E-state index contributed by atoms with van der Waals surface area (Å²) in [6, 6.07) is 31.9. The first kappa shape index (κ1) is 22.0. The van der Waals surface area contributed by atoms with Crippen LogP contribution in [0, 0.1) is 11.8 Å². The summed E-state index contributed by atoms with van der Waals surface area (Å²) in [6.07, 6.45) is 0. The predicted octanol–water partition coefficient (Wildman–Crippen LogP) is 6.87. The molecule has 3 heteroatoms. The van der Waals surface area contributed by atoms with Crippen molar-refractivity contribution in [1.82, 2.24) is 0 Å². The standard InChI is InChI=1S/C28H34O2Si/c1-22(27-23(2)21-30-31(27,3)4)20-29-28(24-14-8-5-9-15-24,25-16-10-6-11-17-25)26-18-12-7-13-19-26/h5-19,22-23,27H,20-21H2,1-4H3. The van der Waals surface area contributed by atoms with E-state index in [1.807, 2.05) is 0 Å². The Morgan fingerprint density at radius 1 is 0.839 bits per heavy atom. The Kier molecular flexibility index (Phi) is 6.47. The van der Waals surface area contributed by atoms with E-state index >= 15 is 0 Å². The first-order valence-corrected chi connectivity index (χ1v) is 14.4. The molecule has 0 aliphatic carbocycles. The van der Waals surface area contributed by atoms with E-state index < -0.39 is 13.9 Å². The maximum absolute atomic E-state index is 7.07. The summed E-state index contributed by atoms with van der Waals surface area (Å²) in [5.74, 6) is 1.01. The molecule has 1 aliphatic rings. The largest absolute Gasteiger partial charge is 0.417 e. The number of hydrogen-bond acceptors (Lipinski definition) is 2. The molecule has 1 fully saturated rings. The third-order valence-corrected chi connectivity index (χ3v) is 10.5. The zero-order valence-electron chi connectivity index (χ0n) is 19.1. The number of rotatable bonds is 7. The van der Waals surface area contributed by atoms with Gasteiger partial charge in [-0.1, -0.05) is 105 Å². The minimum Gasteiger partial charge on any atom is -0.417 e. The monoisotopic (exact) mass is 430 g/mol. The molecule has 0 saturated carbocycles. The van der Waals surface area contributed by atoms with Gasteiger partial charge in [0.15, 0.2) is 8.32 Å². The van der Waals surface area contributed by atoms with E-state index in [1.165, 1.54) is 0 Å². The molecule has 31 heavy (non-hydrogen) atoms. The first-order chi connectivity index (χ1) is 14.9. The van der Waals surface area contributed by atoms with Crippen molar-refractivity contribution in [3.05, 3.63) is 108 Å². The third-order valence-electron chi connectivity index (χ3n) is 6.85. The second kappa shape index (κ2) is 9.11. The Bertz CT molecular complexity index is 859. The lowest BCUT2D eigenvalue weighted by atomic mass is 9.80. The van der Waals surface area contributed by atoms with Gasteiger partial charge in [-0.25, -0.2) is 0 Å². The van der Waals surface area contributed by atoms with E-state index in [-0.39, 0.29) is 0 Å². The van der Waals surface area contributed by atoms with E-state index in [0.29, 0.717) is 24.0 Å². The summed E-state index contributed by atoms with van der Waals surface area (Å²) in [4.78, 5) is 0. The molecule has 0 aromatic heterocycles. The maximum Gasteiger partial charge on any atom is 0.190 e.